The average molecular weight is 442 g/mol. The van der Waals surface area contributed by atoms with Crippen molar-refractivity contribution in [1.29, 1.82) is 0 Å². The fourth-order valence-electron chi connectivity index (χ4n) is 3.25. The molecule has 0 aromatic carbocycles. The van der Waals surface area contributed by atoms with Crippen molar-refractivity contribution in [3.8, 4) is 0 Å². The molecule has 166 valence electrons. The second kappa shape index (κ2) is 10.8. The highest BCUT2D eigenvalue weighted by atomic mass is 31.2. The van der Waals surface area contributed by atoms with Gasteiger partial charge >= 0.3 is 0 Å². The number of nitrogens with zero attached hydrogens (tertiary/aromatic N) is 3. The Bertz CT molecular complexity index is 668. The summed E-state index contributed by atoms with van der Waals surface area (Å²) in [6.45, 7) is 6.64. The van der Waals surface area contributed by atoms with Gasteiger partial charge < -0.3 is 32.9 Å². The molecule has 0 spiro atoms. The number of hydrogen-bond acceptors (Lipinski definition) is 9. The van der Waals surface area contributed by atoms with Crippen LogP contribution in [0.1, 0.15) is 40.5 Å². The van der Waals surface area contributed by atoms with Crippen LogP contribution in [0.25, 0.3) is 10.4 Å². The molecule has 2 saturated heterocycles. The molecular weight excluding hydrogens is 415 g/mol. The van der Waals surface area contributed by atoms with Crippen molar-refractivity contribution in [3.05, 3.63) is 10.4 Å². The summed E-state index contributed by atoms with van der Waals surface area (Å²) in [4.78, 5) is 15.2. The molecule has 0 aromatic heterocycles. The lowest BCUT2D eigenvalue weighted by Gasteiger charge is -2.34. The van der Waals surface area contributed by atoms with E-state index in [1.807, 2.05) is 13.8 Å². The Labute approximate surface area is 179 Å². The normalized spacial score (nSPS) is 36.2. The summed E-state index contributed by atoms with van der Waals surface area (Å²) < 4.78 is 44.8. The molecule has 7 atom stereocenters. The van der Waals surface area contributed by atoms with Gasteiger partial charge in [0, 0.05) is 16.9 Å². The van der Waals surface area contributed by atoms with Crippen LogP contribution in [0.5, 0.6) is 0 Å². The topological polar surface area (TPSA) is 144 Å². The average Bonchev–Trinajstić information content (AvgIpc) is 3.10. The first kappa shape index (κ1) is 25.6. The van der Waals surface area contributed by atoms with Gasteiger partial charge in [-0.15, -0.1) is 0 Å². The molecule has 14 heteroatoms. The number of phosphoric ester groups is 1. The van der Waals surface area contributed by atoms with E-state index in [9.17, 15) is 9.46 Å². The second-order valence-corrected chi connectivity index (χ2v) is 9.16. The summed E-state index contributed by atoms with van der Waals surface area (Å²) in [5.41, 5.74) is 7.20. The van der Waals surface area contributed by atoms with Crippen LogP contribution >= 0.6 is 7.82 Å². The summed E-state index contributed by atoms with van der Waals surface area (Å²) in [5.74, 6) is 0. The molecule has 0 aliphatic carbocycles. The zero-order valence-electron chi connectivity index (χ0n) is 17.6. The van der Waals surface area contributed by atoms with E-state index in [0.717, 1.165) is 0 Å². The highest BCUT2D eigenvalue weighted by Crippen LogP contribution is 2.47. The van der Waals surface area contributed by atoms with E-state index in [2.05, 4.69) is 10.0 Å². The van der Waals surface area contributed by atoms with Crippen LogP contribution in [0.3, 0.4) is 0 Å². The van der Waals surface area contributed by atoms with Crippen LogP contribution in [0.2, 0.25) is 0 Å². The number of azide groups is 1. The van der Waals surface area contributed by atoms with Gasteiger partial charge in [-0.3, -0.25) is 4.57 Å². The molecule has 2 aliphatic heterocycles. The third kappa shape index (κ3) is 7.22. The Morgan fingerprint density at radius 2 is 1.97 bits per heavy atom. The first-order valence-corrected chi connectivity index (χ1v) is 11.2. The van der Waals surface area contributed by atoms with E-state index < -0.39 is 43.9 Å². The first-order chi connectivity index (χ1) is 14.0. The van der Waals surface area contributed by atoms with Crippen molar-refractivity contribution in [3.63, 3.8) is 0 Å². The molecule has 2 rings (SSSR count). The molecule has 4 radical (unpaired) electrons. The Kier molecular flexibility index (Phi) is 9.24. The van der Waals surface area contributed by atoms with Gasteiger partial charge in [0.15, 0.2) is 5.72 Å². The largest absolute Gasteiger partial charge is 0.756 e. The van der Waals surface area contributed by atoms with Crippen LogP contribution in [-0.2, 0) is 32.6 Å². The molecule has 0 bridgehead atoms. The molecule has 2 heterocycles. The maximum absolute atomic E-state index is 12.5. The van der Waals surface area contributed by atoms with E-state index in [4.69, 9.17) is 49.2 Å². The van der Waals surface area contributed by atoms with Crippen LogP contribution in [-0.4, -0.2) is 77.2 Å². The van der Waals surface area contributed by atoms with E-state index in [-0.39, 0.29) is 31.8 Å². The standard InChI is InChI=1S/C16H28B2N3O8P/c1-9(2)24-8-16(20-21-19)13(6-15(18)28-16)29-30(22,23)25-7-12-11(26-10(3)4)5-14(17)27-12/h9-15H,5-8H2,1-4H3,(H,22,23)/p-1/t11-,12-,13-,14-,15-,16-/m1/s1. The minimum Gasteiger partial charge on any atom is -0.756 e. The SMILES string of the molecule is [B][C@H]1C[C@@H](OC(C)C)[C@@H](COP(=O)([O-])O[C@@H]2C[C@H]([B])O[C@@]2(COC(C)C)N=[N+]=[N-])O1. The number of hydrogen-bond donors (Lipinski definition) is 0. The van der Waals surface area contributed by atoms with E-state index >= 15 is 0 Å². The highest BCUT2D eigenvalue weighted by molar-refractivity contribution is 7.45. The predicted octanol–water partition coefficient (Wildman–Crippen LogP) is 1.28. The molecule has 2 fully saturated rings. The molecular formula is C16H27B2N3O8P-. The zero-order chi connectivity index (χ0) is 22.5. The fourth-order valence-corrected chi connectivity index (χ4v) is 4.20. The van der Waals surface area contributed by atoms with Crippen LogP contribution in [0, 0.1) is 0 Å². The van der Waals surface area contributed by atoms with Crippen molar-refractivity contribution in [1.82, 2.24) is 0 Å². The summed E-state index contributed by atoms with van der Waals surface area (Å²) >= 11 is 0. The molecule has 0 aromatic rings. The van der Waals surface area contributed by atoms with Crippen molar-refractivity contribution in [2.24, 2.45) is 5.11 Å². The van der Waals surface area contributed by atoms with E-state index in [1.54, 1.807) is 13.8 Å². The van der Waals surface area contributed by atoms with Crippen molar-refractivity contribution < 1.29 is 37.5 Å². The maximum atomic E-state index is 12.5. The summed E-state index contributed by atoms with van der Waals surface area (Å²) in [7, 11) is 6.71. The van der Waals surface area contributed by atoms with Gasteiger partial charge in [-0.2, -0.15) is 0 Å². The van der Waals surface area contributed by atoms with E-state index in [1.165, 1.54) is 0 Å². The Morgan fingerprint density at radius 1 is 1.27 bits per heavy atom. The minimum absolute atomic E-state index is 0.0417. The Hall–Kier alpha value is -0.610. The first-order valence-electron chi connectivity index (χ1n) is 9.78. The van der Waals surface area contributed by atoms with Gasteiger partial charge in [0.05, 0.1) is 31.5 Å². The van der Waals surface area contributed by atoms with Crippen molar-refractivity contribution in [2.75, 3.05) is 13.2 Å². The van der Waals surface area contributed by atoms with Gasteiger partial charge in [-0.1, -0.05) is 5.11 Å². The van der Waals surface area contributed by atoms with Gasteiger partial charge in [0.2, 0.25) is 0 Å². The maximum Gasteiger partial charge on any atom is 0.268 e. The monoisotopic (exact) mass is 442 g/mol. The lowest BCUT2D eigenvalue weighted by atomic mass is 9.95. The molecule has 30 heavy (non-hydrogen) atoms. The predicted molar refractivity (Wildman–Crippen MR) is 106 cm³/mol. The van der Waals surface area contributed by atoms with E-state index in [0.29, 0.717) is 6.42 Å². The second-order valence-electron chi connectivity index (χ2n) is 7.80. The Morgan fingerprint density at radius 3 is 2.57 bits per heavy atom. The molecule has 1 unspecified atom stereocenters. The van der Waals surface area contributed by atoms with Gasteiger partial charge in [0.25, 0.3) is 7.82 Å². The summed E-state index contributed by atoms with van der Waals surface area (Å²) in [5, 5.41) is 3.59. The van der Waals surface area contributed by atoms with Gasteiger partial charge in [0.1, 0.15) is 27.9 Å². The Balaban J connectivity index is 2.04. The smallest absolute Gasteiger partial charge is 0.268 e. The lowest BCUT2D eigenvalue weighted by Crippen LogP contribution is -2.44. The summed E-state index contributed by atoms with van der Waals surface area (Å²) in [6.07, 6.45) is -2.27. The third-order valence-electron chi connectivity index (χ3n) is 4.47. The number of rotatable bonds is 11. The van der Waals surface area contributed by atoms with Gasteiger partial charge in [-0.05, 0) is 46.1 Å². The molecule has 2 aliphatic rings. The molecule has 11 nitrogen and oxygen atoms in total. The molecule has 0 amide bonds. The quantitative estimate of drug-likeness (QED) is 0.153. The lowest BCUT2D eigenvalue weighted by molar-refractivity contribution is -0.238. The number of phosphoric acid groups is 1. The van der Waals surface area contributed by atoms with Crippen LogP contribution < -0.4 is 4.89 Å². The zero-order valence-corrected chi connectivity index (χ0v) is 18.5. The van der Waals surface area contributed by atoms with Crippen LogP contribution in [0.15, 0.2) is 5.11 Å². The van der Waals surface area contributed by atoms with Gasteiger partial charge in [-0.25, -0.2) is 0 Å². The fraction of sp³-hybridized carbons (Fsp3) is 1.00. The highest BCUT2D eigenvalue weighted by Gasteiger charge is 2.50. The summed E-state index contributed by atoms with van der Waals surface area (Å²) in [6, 6.07) is -1.49. The van der Waals surface area contributed by atoms with Crippen LogP contribution in [0.4, 0.5) is 0 Å². The van der Waals surface area contributed by atoms with Crippen molar-refractivity contribution in [2.45, 2.75) is 88.8 Å². The molecule has 0 saturated carbocycles. The third-order valence-corrected chi connectivity index (χ3v) is 5.45. The minimum atomic E-state index is -4.85. The number of ether oxygens (including phenoxy) is 4. The molecule has 0 N–H and O–H groups in total. The van der Waals surface area contributed by atoms with Crippen molar-refractivity contribution >= 4 is 23.5 Å².